The van der Waals surface area contributed by atoms with Gasteiger partial charge in [-0.3, -0.25) is 4.79 Å². The molecule has 0 saturated heterocycles. The molecule has 1 N–H and O–H groups in total. The molecule has 2 aromatic heterocycles. The predicted molar refractivity (Wildman–Crippen MR) is 107 cm³/mol. The average molecular weight is 400 g/mol. The molecule has 0 fully saturated rings. The van der Waals surface area contributed by atoms with E-state index in [2.05, 4.69) is 40.7 Å². The van der Waals surface area contributed by atoms with Crippen molar-refractivity contribution >= 4 is 34.7 Å². The molecule has 1 aromatic carbocycles. The molecule has 0 atom stereocenters. The number of hydrogen-bond donors (Lipinski definition) is 1. The highest BCUT2D eigenvalue weighted by molar-refractivity contribution is 6.29. The summed E-state index contributed by atoms with van der Waals surface area (Å²) in [6.45, 7) is 8.48. The summed E-state index contributed by atoms with van der Waals surface area (Å²) >= 11 is 6.29. The Bertz CT molecular complexity index is 1110. The van der Waals surface area contributed by atoms with Crippen molar-refractivity contribution in [2.45, 2.75) is 32.9 Å². The summed E-state index contributed by atoms with van der Waals surface area (Å²) in [4.78, 5) is 18.1. The fourth-order valence-electron chi connectivity index (χ4n) is 3.40. The maximum atomic E-state index is 12.9. The molecule has 0 unspecified atom stereocenters. The minimum atomic E-state index is -1.02. The van der Waals surface area contributed by atoms with Gasteiger partial charge in [0, 0.05) is 30.4 Å². The van der Waals surface area contributed by atoms with Gasteiger partial charge in [0.25, 0.3) is 5.91 Å². The fourth-order valence-corrected chi connectivity index (χ4v) is 3.58. The number of fused-ring (bicyclic) bond motifs is 2. The van der Waals surface area contributed by atoms with E-state index in [1.807, 2.05) is 22.8 Å². The number of carbonyl (C=O) groups excluding carboxylic acids is 1. The van der Waals surface area contributed by atoms with Crippen LogP contribution in [0.5, 0.6) is 0 Å². The summed E-state index contributed by atoms with van der Waals surface area (Å²) < 4.78 is 14.7. The molecule has 0 saturated carbocycles. The standard InChI is InChI=1S/C20H19ClFN5O/c1-11(2)16-8-23-27-18(7-17(21)25-19(16)27)26-9-13-4-5-15(6-14(13)10-26)24-20(28)12(3)22/h4-8,11H,3,9-10H2,1-2H3,(H,24,28). The van der Waals surface area contributed by atoms with Crippen LogP contribution in [-0.4, -0.2) is 20.5 Å². The summed E-state index contributed by atoms with van der Waals surface area (Å²) in [6.07, 6.45) is 1.83. The largest absolute Gasteiger partial charge is 0.348 e. The number of nitrogens with one attached hydrogen (secondary N) is 1. The first-order valence-electron chi connectivity index (χ1n) is 8.90. The average Bonchev–Trinajstić information content (AvgIpc) is 3.24. The monoisotopic (exact) mass is 399 g/mol. The second kappa shape index (κ2) is 6.91. The van der Waals surface area contributed by atoms with Crippen molar-refractivity contribution in [2.24, 2.45) is 0 Å². The van der Waals surface area contributed by atoms with Gasteiger partial charge in [-0.1, -0.05) is 38.1 Å². The maximum Gasteiger partial charge on any atom is 0.283 e. The number of amides is 1. The number of halogens is 2. The first-order chi connectivity index (χ1) is 13.3. The summed E-state index contributed by atoms with van der Waals surface area (Å²) in [6, 6.07) is 7.32. The lowest BCUT2D eigenvalue weighted by Crippen LogP contribution is -2.18. The number of carbonyl (C=O) groups is 1. The summed E-state index contributed by atoms with van der Waals surface area (Å²) in [5.41, 5.74) is 4.48. The third-order valence-electron chi connectivity index (χ3n) is 4.83. The zero-order valence-corrected chi connectivity index (χ0v) is 16.3. The zero-order chi connectivity index (χ0) is 20.0. The molecule has 6 nitrogen and oxygen atoms in total. The lowest BCUT2D eigenvalue weighted by molar-refractivity contribution is -0.114. The quantitative estimate of drug-likeness (QED) is 0.520. The van der Waals surface area contributed by atoms with Crippen molar-refractivity contribution in [3.63, 3.8) is 0 Å². The molecule has 144 valence electrons. The Hall–Kier alpha value is -2.93. The third kappa shape index (κ3) is 3.22. The minimum Gasteiger partial charge on any atom is -0.348 e. The molecule has 3 heterocycles. The highest BCUT2D eigenvalue weighted by Crippen LogP contribution is 2.32. The van der Waals surface area contributed by atoms with Gasteiger partial charge in [-0.2, -0.15) is 9.61 Å². The molecule has 0 radical (unpaired) electrons. The lowest BCUT2D eigenvalue weighted by atomic mass is 10.1. The molecule has 8 heteroatoms. The number of aromatic nitrogens is 3. The Morgan fingerprint density at radius 3 is 2.75 bits per heavy atom. The Kier molecular flexibility index (Phi) is 4.55. The normalized spacial score (nSPS) is 13.2. The van der Waals surface area contributed by atoms with Crippen LogP contribution in [0.1, 0.15) is 36.5 Å². The van der Waals surface area contributed by atoms with Crippen molar-refractivity contribution in [1.82, 2.24) is 14.6 Å². The first kappa shape index (κ1) is 18.4. The van der Waals surface area contributed by atoms with Gasteiger partial charge in [-0.05, 0) is 29.2 Å². The summed E-state index contributed by atoms with van der Waals surface area (Å²) in [7, 11) is 0. The van der Waals surface area contributed by atoms with Crippen molar-refractivity contribution in [2.75, 3.05) is 10.2 Å². The first-order valence-corrected chi connectivity index (χ1v) is 9.28. The number of benzene rings is 1. The van der Waals surface area contributed by atoms with Crippen LogP contribution < -0.4 is 10.2 Å². The molecule has 4 rings (SSSR count). The molecule has 1 amide bonds. The molecule has 28 heavy (non-hydrogen) atoms. The van der Waals surface area contributed by atoms with Gasteiger partial charge < -0.3 is 10.2 Å². The van der Waals surface area contributed by atoms with Crippen molar-refractivity contribution < 1.29 is 9.18 Å². The molecular weight excluding hydrogens is 381 g/mol. The van der Waals surface area contributed by atoms with E-state index in [9.17, 15) is 9.18 Å². The van der Waals surface area contributed by atoms with Crippen LogP contribution in [0.4, 0.5) is 15.9 Å². The number of rotatable bonds is 4. The second-order valence-corrected chi connectivity index (χ2v) is 7.51. The number of anilines is 2. The van der Waals surface area contributed by atoms with Gasteiger partial charge in [0.1, 0.15) is 11.0 Å². The van der Waals surface area contributed by atoms with Gasteiger partial charge in [0.15, 0.2) is 11.5 Å². The van der Waals surface area contributed by atoms with E-state index >= 15 is 0 Å². The third-order valence-corrected chi connectivity index (χ3v) is 5.02. The van der Waals surface area contributed by atoms with Gasteiger partial charge in [0.05, 0.1) is 6.20 Å². The molecule has 1 aliphatic heterocycles. The Morgan fingerprint density at radius 2 is 2.04 bits per heavy atom. The lowest BCUT2D eigenvalue weighted by Gasteiger charge is -2.19. The maximum absolute atomic E-state index is 12.9. The van der Waals surface area contributed by atoms with Crippen LogP contribution in [0.3, 0.4) is 0 Å². The van der Waals surface area contributed by atoms with Crippen LogP contribution in [0.25, 0.3) is 5.65 Å². The van der Waals surface area contributed by atoms with E-state index < -0.39 is 11.7 Å². The molecule has 0 bridgehead atoms. The van der Waals surface area contributed by atoms with E-state index in [-0.39, 0.29) is 5.92 Å². The molecule has 3 aromatic rings. The smallest absolute Gasteiger partial charge is 0.283 e. The highest BCUT2D eigenvalue weighted by atomic mass is 35.5. The van der Waals surface area contributed by atoms with Crippen LogP contribution in [-0.2, 0) is 17.9 Å². The van der Waals surface area contributed by atoms with E-state index in [1.165, 1.54) is 0 Å². The molecule has 0 aliphatic carbocycles. The van der Waals surface area contributed by atoms with E-state index in [0.717, 1.165) is 28.2 Å². The van der Waals surface area contributed by atoms with E-state index in [1.54, 1.807) is 12.1 Å². The second-order valence-electron chi connectivity index (χ2n) is 7.13. The Labute approximate surface area is 166 Å². The summed E-state index contributed by atoms with van der Waals surface area (Å²) in [5, 5.41) is 7.42. The minimum absolute atomic E-state index is 0.281. The predicted octanol–water partition coefficient (Wildman–Crippen LogP) is 4.45. The van der Waals surface area contributed by atoms with Crippen LogP contribution in [0.2, 0.25) is 5.15 Å². The van der Waals surface area contributed by atoms with Crippen LogP contribution in [0, 0.1) is 0 Å². The Morgan fingerprint density at radius 1 is 1.29 bits per heavy atom. The van der Waals surface area contributed by atoms with E-state index in [0.29, 0.717) is 23.9 Å². The van der Waals surface area contributed by atoms with Crippen molar-refractivity contribution in [3.05, 3.63) is 64.7 Å². The van der Waals surface area contributed by atoms with Gasteiger partial charge in [0.2, 0.25) is 0 Å². The Balaban J connectivity index is 1.66. The molecule has 0 spiro atoms. The fraction of sp³-hybridized carbons (Fsp3) is 0.250. The topological polar surface area (TPSA) is 62.5 Å². The highest BCUT2D eigenvalue weighted by Gasteiger charge is 2.24. The SMILES string of the molecule is C=C(F)C(=O)Nc1ccc2c(c1)CN(c1cc(Cl)nc3c(C(C)C)cnn13)C2. The van der Waals surface area contributed by atoms with E-state index in [4.69, 9.17) is 11.6 Å². The van der Waals surface area contributed by atoms with Crippen LogP contribution >= 0.6 is 11.6 Å². The van der Waals surface area contributed by atoms with Gasteiger partial charge >= 0.3 is 0 Å². The zero-order valence-electron chi connectivity index (χ0n) is 15.5. The van der Waals surface area contributed by atoms with Gasteiger partial charge in [-0.15, -0.1) is 0 Å². The molecule has 1 aliphatic rings. The molecular formula is C20H19ClFN5O. The number of nitrogens with zero attached hydrogens (tertiary/aromatic N) is 4. The van der Waals surface area contributed by atoms with Crippen molar-refractivity contribution in [1.29, 1.82) is 0 Å². The van der Waals surface area contributed by atoms with Gasteiger partial charge in [-0.25, -0.2) is 9.37 Å². The summed E-state index contributed by atoms with van der Waals surface area (Å²) in [5.74, 6) is -0.727. The van der Waals surface area contributed by atoms with Crippen LogP contribution in [0.15, 0.2) is 42.9 Å². The van der Waals surface area contributed by atoms with Crippen molar-refractivity contribution in [3.8, 4) is 0 Å². The number of hydrogen-bond acceptors (Lipinski definition) is 4.